The van der Waals surface area contributed by atoms with Crippen LogP contribution in [0.4, 0.5) is 5.00 Å². The van der Waals surface area contributed by atoms with Crippen molar-refractivity contribution in [3.05, 3.63) is 21.8 Å². The molecule has 4 aliphatic carbocycles. The lowest BCUT2D eigenvalue weighted by Gasteiger charge is -2.55. The largest absolute Gasteiger partial charge is 0.462 e. The van der Waals surface area contributed by atoms with Crippen molar-refractivity contribution in [3.8, 4) is 0 Å². The molecule has 36 heavy (non-hydrogen) atoms. The van der Waals surface area contributed by atoms with Crippen LogP contribution in [-0.4, -0.2) is 52.0 Å². The molecular formula is C25H32N4O5S2. The lowest BCUT2D eigenvalue weighted by atomic mass is 9.49. The summed E-state index contributed by atoms with van der Waals surface area (Å²) in [5.74, 6) is 2.05. The second-order valence-electron chi connectivity index (χ2n) is 10.2. The van der Waals surface area contributed by atoms with Gasteiger partial charge in [-0.2, -0.15) is 0 Å². The molecule has 0 spiro atoms. The van der Waals surface area contributed by atoms with Gasteiger partial charge in [-0.1, -0.05) is 11.8 Å². The van der Waals surface area contributed by atoms with Crippen LogP contribution in [0.2, 0.25) is 0 Å². The summed E-state index contributed by atoms with van der Waals surface area (Å²) in [4.78, 5) is 42.8. The van der Waals surface area contributed by atoms with E-state index >= 15 is 0 Å². The zero-order valence-corrected chi connectivity index (χ0v) is 22.5. The third-order valence-electron chi connectivity index (χ3n) is 7.68. The number of hydrogen-bond donors (Lipinski definition) is 2. The molecule has 0 atom stereocenters. The number of carbonyl (C=O) groups is 3. The summed E-state index contributed by atoms with van der Waals surface area (Å²) in [6.07, 6.45) is 7.66. The monoisotopic (exact) mass is 532 g/mol. The lowest BCUT2D eigenvalue weighted by Crippen LogP contribution is -2.49. The van der Waals surface area contributed by atoms with E-state index in [1.54, 1.807) is 20.8 Å². The number of H-pyrrole nitrogens is 1. The number of aromatic amines is 1. The number of hydrogen-bond acceptors (Lipinski definition) is 9. The Morgan fingerprint density at radius 1 is 1.06 bits per heavy atom. The van der Waals surface area contributed by atoms with Crippen LogP contribution >= 0.6 is 23.1 Å². The van der Waals surface area contributed by atoms with Gasteiger partial charge in [0.25, 0.3) is 0 Å². The third kappa shape index (κ3) is 4.79. The molecule has 2 aromatic heterocycles. The summed E-state index contributed by atoms with van der Waals surface area (Å²) < 4.78 is 10.3. The molecule has 4 aliphatic rings. The van der Waals surface area contributed by atoms with Crippen LogP contribution in [0.3, 0.4) is 0 Å². The molecule has 194 valence electrons. The molecule has 1 amide bonds. The molecule has 11 heteroatoms. The molecule has 0 aliphatic heterocycles. The number of esters is 2. The molecule has 2 N–H and O–H groups in total. The highest BCUT2D eigenvalue weighted by molar-refractivity contribution is 7.99. The number of thioether (sulfide) groups is 1. The summed E-state index contributed by atoms with van der Waals surface area (Å²) >= 11 is 2.27. The van der Waals surface area contributed by atoms with E-state index < -0.39 is 11.9 Å². The first-order chi connectivity index (χ1) is 17.3. The maximum Gasteiger partial charge on any atom is 0.348 e. The summed E-state index contributed by atoms with van der Waals surface area (Å²) in [5.41, 5.74) is 0.745. The van der Waals surface area contributed by atoms with Crippen LogP contribution in [0.15, 0.2) is 5.16 Å². The highest BCUT2D eigenvalue weighted by Gasteiger charge is 2.53. The average Bonchev–Trinajstić information content (AvgIpc) is 3.42. The molecule has 0 radical (unpaired) electrons. The molecule has 9 nitrogen and oxygen atoms in total. The van der Waals surface area contributed by atoms with E-state index in [2.05, 4.69) is 15.5 Å². The van der Waals surface area contributed by atoms with Gasteiger partial charge in [-0.25, -0.2) is 14.6 Å². The van der Waals surface area contributed by atoms with Crippen molar-refractivity contribution in [1.29, 1.82) is 0 Å². The van der Waals surface area contributed by atoms with Gasteiger partial charge < -0.3 is 14.8 Å². The maximum atomic E-state index is 12.8. The zero-order valence-electron chi connectivity index (χ0n) is 20.8. The Morgan fingerprint density at radius 3 is 2.28 bits per heavy atom. The van der Waals surface area contributed by atoms with Crippen LogP contribution in [-0.2, 0) is 19.7 Å². The SMILES string of the molecule is CCOC(=O)c1sc(NC(=O)CSc2n[nH]c(C34CC5CC(CC(C5)C3)C4)n2)c(C(=O)OCC)c1C. The smallest absolute Gasteiger partial charge is 0.348 e. The number of nitrogens with zero attached hydrogens (tertiary/aromatic N) is 2. The number of thiophene rings is 1. The van der Waals surface area contributed by atoms with Gasteiger partial charge in [0.1, 0.15) is 15.7 Å². The molecule has 6 rings (SSSR count). The quantitative estimate of drug-likeness (QED) is 0.351. The Bertz CT molecular complexity index is 1140. The summed E-state index contributed by atoms with van der Waals surface area (Å²) in [6, 6.07) is 0. The molecule has 4 bridgehead atoms. The van der Waals surface area contributed by atoms with E-state index in [1.807, 2.05) is 0 Å². The molecule has 0 aromatic carbocycles. The average molecular weight is 533 g/mol. The molecule has 4 saturated carbocycles. The van der Waals surface area contributed by atoms with Gasteiger partial charge in [0, 0.05) is 5.41 Å². The summed E-state index contributed by atoms with van der Waals surface area (Å²) in [5, 5.41) is 11.2. The number of aromatic nitrogens is 3. The van der Waals surface area contributed by atoms with Crippen molar-refractivity contribution >= 4 is 45.9 Å². The highest BCUT2D eigenvalue weighted by atomic mass is 32.2. The number of nitrogens with one attached hydrogen (secondary N) is 2. The van der Waals surface area contributed by atoms with Crippen LogP contribution in [0.1, 0.15) is 83.8 Å². The van der Waals surface area contributed by atoms with Crippen molar-refractivity contribution in [1.82, 2.24) is 15.2 Å². The van der Waals surface area contributed by atoms with Gasteiger partial charge in [0.05, 0.1) is 24.5 Å². The number of ether oxygens (including phenoxy) is 2. The van der Waals surface area contributed by atoms with Crippen molar-refractivity contribution < 1.29 is 23.9 Å². The molecule has 2 aromatic rings. The Labute approximate surface area is 218 Å². The first kappa shape index (κ1) is 25.3. The summed E-state index contributed by atoms with van der Waals surface area (Å²) in [7, 11) is 0. The second-order valence-corrected chi connectivity index (χ2v) is 12.2. The van der Waals surface area contributed by atoms with Crippen molar-refractivity contribution in [2.75, 3.05) is 24.3 Å². The van der Waals surface area contributed by atoms with Crippen LogP contribution in [0.25, 0.3) is 0 Å². The van der Waals surface area contributed by atoms with Gasteiger partial charge in [-0.05, 0) is 82.6 Å². The van der Waals surface area contributed by atoms with Crippen molar-refractivity contribution in [3.63, 3.8) is 0 Å². The Balaban J connectivity index is 1.25. The van der Waals surface area contributed by atoms with Gasteiger partial charge >= 0.3 is 11.9 Å². The Kier molecular flexibility index (Phi) is 7.13. The molecule has 2 heterocycles. The number of amides is 1. The van der Waals surface area contributed by atoms with E-state index in [4.69, 9.17) is 14.5 Å². The van der Waals surface area contributed by atoms with E-state index in [9.17, 15) is 14.4 Å². The minimum Gasteiger partial charge on any atom is -0.462 e. The molecule has 0 saturated heterocycles. The van der Waals surface area contributed by atoms with Gasteiger partial charge in [-0.3, -0.25) is 9.89 Å². The van der Waals surface area contributed by atoms with E-state index in [0.717, 1.165) is 34.9 Å². The number of anilines is 1. The van der Waals surface area contributed by atoms with Crippen LogP contribution < -0.4 is 5.32 Å². The molecule has 4 fully saturated rings. The number of carbonyl (C=O) groups excluding carboxylic acids is 3. The second kappa shape index (κ2) is 10.2. The standard InChI is InChI=1S/C25H32N4O5S2/c1-4-33-21(31)18-13(3)19(22(32)34-5-2)36-20(18)26-17(30)12-35-24-27-23(28-29-24)25-9-14-6-15(10-25)8-16(7-14)11-25/h14-16H,4-12H2,1-3H3,(H,26,30)(H,27,28,29). The van der Waals surface area contributed by atoms with Crippen molar-refractivity contribution in [2.45, 2.75) is 69.9 Å². The zero-order chi connectivity index (χ0) is 25.4. The van der Waals surface area contributed by atoms with Gasteiger partial charge in [0.2, 0.25) is 11.1 Å². The van der Waals surface area contributed by atoms with Gasteiger partial charge in [-0.15, -0.1) is 16.4 Å². The predicted molar refractivity (Wildman–Crippen MR) is 137 cm³/mol. The minimum atomic E-state index is -0.584. The Hall–Kier alpha value is -2.40. The maximum absolute atomic E-state index is 12.8. The fourth-order valence-corrected chi connectivity index (χ4v) is 8.39. The van der Waals surface area contributed by atoms with E-state index in [0.29, 0.717) is 10.7 Å². The number of rotatable bonds is 9. The first-order valence-electron chi connectivity index (χ1n) is 12.6. The predicted octanol–water partition coefficient (Wildman–Crippen LogP) is 4.73. The van der Waals surface area contributed by atoms with Gasteiger partial charge in [0.15, 0.2) is 0 Å². The molecule has 0 unspecified atom stereocenters. The molecular weight excluding hydrogens is 500 g/mol. The summed E-state index contributed by atoms with van der Waals surface area (Å²) in [6.45, 7) is 5.47. The Morgan fingerprint density at radius 2 is 1.67 bits per heavy atom. The highest BCUT2D eigenvalue weighted by Crippen LogP contribution is 2.60. The van der Waals surface area contributed by atoms with E-state index in [-0.39, 0.29) is 45.7 Å². The first-order valence-corrected chi connectivity index (χ1v) is 14.4. The fourth-order valence-electron chi connectivity index (χ4n) is 6.68. The normalized spacial score (nSPS) is 26.1. The fraction of sp³-hybridized carbons (Fsp3) is 0.640. The topological polar surface area (TPSA) is 123 Å². The van der Waals surface area contributed by atoms with Crippen molar-refractivity contribution in [2.24, 2.45) is 17.8 Å². The van der Waals surface area contributed by atoms with E-state index in [1.165, 1.54) is 50.3 Å². The van der Waals surface area contributed by atoms with Crippen LogP contribution in [0, 0.1) is 24.7 Å². The van der Waals surface area contributed by atoms with Crippen LogP contribution in [0.5, 0.6) is 0 Å². The lowest BCUT2D eigenvalue weighted by molar-refractivity contribution is -0.113. The minimum absolute atomic E-state index is 0.0755. The third-order valence-corrected chi connectivity index (χ3v) is 9.71.